The number of halogens is 1. The van der Waals surface area contributed by atoms with E-state index in [9.17, 15) is 14.4 Å². The molecule has 1 rings (SSSR count). The molecule has 0 N–H and O–H groups in total. The summed E-state index contributed by atoms with van der Waals surface area (Å²) in [6.07, 6.45) is -2.62. The Hall–Kier alpha value is -1.15. The molecule has 1 fully saturated rings. The summed E-state index contributed by atoms with van der Waals surface area (Å²) in [5, 5.41) is -0.646. The molecular weight excluding hydrogens is 324 g/mol. The van der Waals surface area contributed by atoms with Crippen LogP contribution in [0.5, 0.6) is 0 Å². The first kappa shape index (κ1) is 15.9. The highest BCUT2D eigenvalue weighted by Gasteiger charge is 2.45. The topological polar surface area (TPSA) is 88.1 Å². The number of alkyl halides is 1. The number of hydrogen-bond donors (Lipinski definition) is 0. The fourth-order valence-corrected chi connectivity index (χ4v) is 2.26. The smallest absolute Gasteiger partial charge is 0.303 e. The summed E-state index contributed by atoms with van der Waals surface area (Å²) >= 11 is 3.18. The van der Waals surface area contributed by atoms with E-state index in [0.29, 0.717) is 0 Å². The van der Waals surface area contributed by atoms with E-state index in [1.807, 2.05) is 0 Å². The summed E-state index contributed by atoms with van der Waals surface area (Å²) < 4.78 is 20.4. The first-order valence-electron chi connectivity index (χ1n) is 5.58. The van der Waals surface area contributed by atoms with E-state index in [1.54, 1.807) is 0 Å². The van der Waals surface area contributed by atoms with Crippen LogP contribution in [-0.2, 0) is 33.3 Å². The van der Waals surface area contributed by atoms with Gasteiger partial charge in [0.15, 0.2) is 23.3 Å². The third-order valence-corrected chi connectivity index (χ3v) is 3.08. The summed E-state index contributed by atoms with van der Waals surface area (Å²) in [5.41, 5.74) is 0. The average molecular weight is 339 g/mol. The first-order valence-corrected chi connectivity index (χ1v) is 6.50. The highest BCUT2D eigenvalue weighted by atomic mass is 79.9. The van der Waals surface area contributed by atoms with Crippen LogP contribution in [0.25, 0.3) is 0 Å². The molecular formula is C11H15BrO7. The van der Waals surface area contributed by atoms with Crippen molar-refractivity contribution in [1.29, 1.82) is 0 Å². The van der Waals surface area contributed by atoms with E-state index in [1.165, 1.54) is 20.8 Å². The Bertz CT molecular complexity index is 370. The summed E-state index contributed by atoms with van der Waals surface area (Å²) in [7, 11) is 0. The van der Waals surface area contributed by atoms with Crippen LogP contribution in [-0.4, -0.2) is 47.8 Å². The number of carbonyl (C=O) groups is 3. The standard InChI is InChI=1S/C11H15BrO7/c1-5(13)17-8-4-16-11(12)10(19-7(3)15)9(8)18-6(2)14/h8-11H,4H2,1-3H3/t8-,9-,10-,11-/m1/s1. The van der Waals surface area contributed by atoms with E-state index in [4.69, 9.17) is 18.9 Å². The molecule has 0 aliphatic carbocycles. The number of ether oxygens (including phenoxy) is 4. The minimum Gasteiger partial charge on any atom is -0.456 e. The van der Waals surface area contributed by atoms with Crippen LogP contribution >= 0.6 is 15.9 Å². The molecule has 1 aliphatic heterocycles. The van der Waals surface area contributed by atoms with Gasteiger partial charge in [-0.2, -0.15) is 0 Å². The lowest BCUT2D eigenvalue weighted by Crippen LogP contribution is -2.55. The molecule has 0 saturated carbocycles. The van der Waals surface area contributed by atoms with E-state index in [2.05, 4.69) is 15.9 Å². The third kappa shape index (κ3) is 4.79. The molecule has 0 aromatic heterocycles. The summed E-state index contributed by atoms with van der Waals surface area (Å²) in [4.78, 5) is 33.2. The summed E-state index contributed by atoms with van der Waals surface area (Å²) in [6, 6.07) is 0. The number of hydrogen-bond acceptors (Lipinski definition) is 7. The van der Waals surface area contributed by atoms with Crippen molar-refractivity contribution in [1.82, 2.24) is 0 Å². The monoisotopic (exact) mass is 338 g/mol. The molecule has 7 nitrogen and oxygen atoms in total. The van der Waals surface area contributed by atoms with Crippen molar-refractivity contribution in [3.8, 4) is 0 Å². The van der Waals surface area contributed by atoms with Crippen LogP contribution in [0.4, 0.5) is 0 Å². The van der Waals surface area contributed by atoms with Crippen LogP contribution in [0.15, 0.2) is 0 Å². The Morgan fingerprint density at radius 2 is 1.42 bits per heavy atom. The van der Waals surface area contributed by atoms with Gasteiger partial charge in [-0.15, -0.1) is 0 Å². The third-order valence-electron chi connectivity index (χ3n) is 2.29. The summed E-state index contributed by atoms with van der Waals surface area (Å²) in [5.74, 6) is -1.67. The molecule has 4 atom stereocenters. The Kier molecular flexibility index (Phi) is 5.74. The Morgan fingerprint density at radius 3 is 1.89 bits per heavy atom. The summed E-state index contributed by atoms with van der Waals surface area (Å²) in [6.45, 7) is 3.70. The fourth-order valence-electron chi connectivity index (χ4n) is 1.70. The zero-order valence-electron chi connectivity index (χ0n) is 10.8. The molecule has 0 radical (unpaired) electrons. The van der Waals surface area contributed by atoms with Gasteiger partial charge < -0.3 is 18.9 Å². The van der Waals surface area contributed by atoms with Gasteiger partial charge in [-0.1, -0.05) is 15.9 Å². The minimum absolute atomic E-state index is 0.0329. The van der Waals surface area contributed by atoms with Crippen molar-refractivity contribution >= 4 is 33.8 Å². The lowest BCUT2D eigenvalue weighted by molar-refractivity contribution is -0.212. The van der Waals surface area contributed by atoms with E-state index >= 15 is 0 Å². The molecule has 1 heterocycles. The average Bonchev–Trinajstić information content (AvgIpc) is 2.25. The van der Waals surface area contributed by atoms with E-state index < -0.39 is 41.2 Å². The molecule has 19 heavy (non-hydrogen) atoms. The van der Waals surface area contributed by atoms with Crippen molar-refractivity contribution in [2.75, 3.05) is 6.61 Å². The number of carbonyl (C=O) groups excluding carboxylic acids is 3. The molecule has 1 aliphatic rings. The Balaban J connectivity index is 2.89. The van der Waals surface area contributed by atoms with Crippen LogP contribution in [0.1, 0.15) is 20.8 Å². The van der Waals surface area contributed by atoms with Gasteiger partial charge in [0.25, 0.3) is 0 Å². The molecule has 0 bridgehead atoms. The number of esters is 3. The highest BCUT2D eigenvalue weighted by molar-refractivity contribution is 9.09. The highest BCUT2D eigenvalue weighted by Crippen LogP contribution is 2.27. The van der Waals surface area contributed by atoms with Gasteiger partial charge in [-0.3, -0.25) is 14.4 Å². The lowest BCUT2D eigenvalue weighted by atomic mass is 10.1. The lowest BCUT2D eigenvalue weighted by Gasteiger charge is -2.38. The molecule has 108 valence electrons. The van der Waals surface area contributed by atoms with Gasteiger partial charge in [-0.05, 0) is 0 Å². The normalized spacial score (nSPS) is 30.3. The Morgan fingerprint density at radius 1 is 0.947 bits per heavy atom. The van der Waals surface area contributed by atoms with Crippen molar-refractivity contribution in [2.45, 2.75) is 44.1 Å². The van der Waals surface area contributed by atoms with Crippen molar-refractivity contribution in [2.24, 2.45) is 0 Å². The molecule has 0 unspecified atom stereocenters. The van der Waals surface area contributed by atoms with Crippen molar-refractivity contribution in [3.05, 3.63) is 0 Å². The predicted molar refractivity (Wildman–Crippen MR) is 65.3 cm³/mol. The van der Waals surface area contributed by atoms with Gasteiger partial charge in [0, 0.05) is 20.8 Å². The molecule has 0 aromatic carbocycles. The van der Waals surface area contributed by atoms with Gasteiger partial charge in [0.1, 0.15) is 0 Å². The second kappa shape index (κ2) is 6.85. The second-order valence-corrected chi connectivity index (χ2v) is 4.88. The van der Waals surface area contributed by atoms with Gasteiger partial charge in [-0.25, -0.2) is 0 Å². The van der Waals surface area contributed by atoms with Crippen LogP contribution < -0.4 is 0 Å². The van der Waals surface area contributed by atoms with Crippen molar-refractivity contribution in [3.63, 3.8) is 0 Å². The van der Waals surface area contributed by atoms with Crippen LogP contribution in [0, 0.1) is 0 Å². The molecule has 0 amide bonds. The zero-order valence-corrected chi connectivity index (χ0v) is 12.3. The SMILES string of the molecule is CC(=O)O[C@@H]1[C@H](OC(C)=O)[C@H](OC(C)=O)CO[C@H]1Br. The zero-order chi connectivity index (χ0) is 14.6. The minimum atomic E-state index is -0.913. The second-order valence-electron chi connectivity index (χ2n) is 3.98. The van der Waals surface area contributed by atoms with Crippen LogP contribution in [0.2, 0.25) is 0 Å². The van der Waals surface area contributed by atoms with E-state index in [0.717, 1.165) is 0 Å². The first-order chi connectivity index (χ1) is 8.81. The van der Waals surface area contributed by atoms with Crippen molar-refractivity contribution < 1.29 is 33.3 Å². The fraction of sp³-hybridized carbons (Fsp3) is 0.727. The molecule has 0 spiro atoms. The Labute approximate surface area is 118 Å². The van der Waals surface area contributed by atoms with Gasteiger partial charge >= 0.3 is 17.9 Å². The predicted octanol–water partition coefficient (Wildman–Crippen LogP) is 0.533. The maximum atomic E-state index is 11.1. The number of rotatable bonds is 3. The van der Waals surface area contributed by atoms with Crippen LogP contribution in [0.3, 0.4) is 0 Å². The molecule has 1 saturated heterocycles. The molecule has 0 aromatic rings. The quantitative estimate of drug-likeness (QED) is 0.421. The van der Waals surface area contributed by atoms with Gasteiger partial charge in [0.05, 0.1) is 6.61 Å². The molecule has 8 heteroatoms. The maximum absolute atomic E-state index is 11.1. The van der Waals surface area contributed by atoms with E-state index in [-0.39, 0.29) is 6.61 Å². The largest absolute Gasteiger partial charge is 0.456 e. The maximum Gasteiger partial charge on any atom is 0.303 e. The van der Waals surface area contributed by atoms with Gasteiger partial charge in [0.2, 0.25) is 0 Å².